The Hall–Kier alpha value is -4.70. The van der Waals surface area contributed by atoms with Crippen molar-refractivity contribution in [2.75, 3.05) is 12.4 Å². The summed E-state index contributed by atoms with van der Waals surface area (Å²) in [6.45, 7) is 0. The zero-order valence-electron chi connectivity index (χ0n) is 21.9. The number of anilines is 1. The average Bonchev–Trinajstić information content (AvgIpc) is 3.00. The molecule has 6 rings (SSSR count). The van der Waals surface area contributed by atoms with Crippen LogP contribution in [0.1, 0.15) is 45.5 Å². The van der Waals surface area contributed by atoms with Gasteiger partial charge in [-0.3, -0.25) is 9.59 Å². The third kappa shape index (κ3) is 4.94. The van der Waals surface area contributed by atoms with Gasteiger partial charge in [0.05, 0.1) is 11.3 Å². The molecule has 0 radical (unpaired) electrons. The van der Waals surface area contributed by atoms with E-state index < -0.39 is 0 Å². The fourth-order valence-corrected chi connectivity index (χ4v) is 5.58. The molecule has 0 aromatic heterocycles. The lowest BCUT2D eigenvalue weighted by molar-refractivity contribution is 0.0725. The first-order valence-electron chi connectivity index (χ1n) is 13.4. The van der Waals surface area contributed by atoms with Crippen LogP contribution < -0.4 is 5.32 Å². The van der Waals surface area contributed by atoms with E-state index in [1.165, 1.54) is 11.1 Å². The van der Waals surface area contributed by atoms with Gasteiger partial charge in [-0.05, 0) is 70.1 Å². The third-order valence-electron chi connectivity index (χ3n) is 7.79. The molecule has 1 unspecified atom stereocenters. The molecule has 192 valence electrons. The van der Waals surface area contributed by atoms with Crippen molar-refractivity contribution >= 4 is 44.6 Å². The number of benzene rings is 5. The monoisotopic (exact) mass is 510 g/mol. The van der Waals surface area contributed by atoms with Crippen LogP contribution in [-0.4, -0.2) is 29.8 Å². The summed E-state index contributed by atoms with van der Waals surface area (Å²) < 4.78 is 0. The van der Waals surface area contributed by atoms with Crippen LogP contribution in [0.25, 0.3) is 27.1 Å². The van der Waals surface area contributed by atoms with E-state index in [0.29, 0.717) is 16.8 Å². The third-order valence-corrected chi connectivity index (χ3v) is 7.79. The SMILES string of the molecule is CN(C(=O)c1cc2ccccc2cc1NC(=O)c1cccc2ccccc12)C1CC=C(c2ccccc2)CC1. The van der Waals surface area contributed by atoms with Crippen molar-refractivity contribution in [3.63, 3.8) is 0 Å². The molecule has 0 fully saturated rings. The zero-order chi connectivity index (χ0) is 26.8. The molecule has 5 aromatic rings. The van der Waals surface area contributed by atoms with Gasteiger partial charge in [0.2, 0.25) is 0 Å². The first kappa shape index (κ1) is 24.6. The van der Waals surface area contributed by atoms with Gasteiger partial charge in [-0.2, -0.15) is 0 Å². The Bertz CT molecular complexity index is 1720. The van der Waals surface area contributed by atoms with Gasteiger partial charge in [0.1, 0.15) is 0 Å². The van der Waals surface area contributed by atoms with E-state index >= 15 is 0 Å². The van der Waals surface area contributed by atoms with Gasteiger partial charge in [-0.1, -0.05) is 97.1 Å². The molecule has 0 heterocycles. The van der Waals surface area contributed by atoms with E-state index in [9.17, 15) is 9.59 Å². The summed E-state index contributed by atoms with van der Waals surface area (Å²) in [7, 11) is 1.87. The van der Waals surface area contributed by atoms with Crippen LogP contribution in [0.5, 0.6) is 0 Å². The fourth-order valence-electron chi connectivity index (χ4n) is 5.58. The van der Waals surface area contributed by atoms with Gasteiger partial charge in [-0.15, -0.1) is 0 Å². The topological polar surface area (TPSA) is 49.4 Å². The Labute approximate surface area is 228 Å². The van der Waals surface area contributed by atoms with Gasteiger partial charge < -0.3 is 10.2 Å². The molecule has 1 atom stereocenters. The Morgan fingerprint density at radius 2 is 1.41 bits per heavy atom. The quantitative estimate of drug-likeness (QED) is 0.261. The molecule has 0 saturated carbocycles. The fraction of sp³-hybridized carbons (Fsp3) is 0.143. The van der Waals surface area contributed by atoms with E-state index in [4.69, 9.17) is 0 Å². The van der Waals surface area contributed by atoms with E-state index in [1.807, 2.05) is 96.9 Å². The molecule has 1 aliphatic rings. The number of carbonyl (C=O) groups excluding carboxylic acids is 2. The second-order valence-electron chi connectivity index (χ2n) is 10.2. The molecule has 1 aliphatic carbocycles. The lowest BCUT2D eigenvalue weighted by atomic mass is 9.90. The summed E-state index contributed by atoms with van der Waals surface area (Å²) in [6, 6.07) is 35.8. The van der Waals surface area contributed by atoms with Crippen LogP contribution in [-0.2, 0) is 0 Å². The molecule has 5 aromatic carbocycles. The van der Waals surface area contributed by atoms with Gasteiger partial charge in [0, 0.05) is 18.7 Å². The minimum atomic E-state index is -0.230. The number of hydrogen-bond acceptors (Lipinski definition) is 2. The summed E-state index contributed by atoms with van der Waals surface area (Å²) >= 11 is 0. The highest BCUT2D eigenvalue weighted by Crippen LogP contribution is 2.32. The van der Waals surface area contributed by atoms with E-state index in [2.05, 4.69) is 35.7 Å². The van der Waals surface area contributed by atoms with Crippen LogP contribution in [0.3, 0.4) is 0 Å². The molecule has 1 N–H and O–H groups in total. The maximum Gasteiger partial charge on any atom is 0.256 e. The molecule has 2 amide bonds. The average molecular weight is 511 g/mol. The molecule has 4 heteroatoms. The van der Waals surface area contributed by atoms with Crippen molar-refractivity contribution in [2.45, 2.75) is 25.3 Å². The number of carbonyl (C=O) groups is 2. The van der Waals surface area contributed by atoms with Gasteiger partial charge in [0.15, 0.2) is 0 Å². The van der Waals surface area contributed by atoms with Crippen LogP contribution in [0.2, 0.25) is 0 Å². The molecular formula is C35H30N2O2. The second-order valence-corrected chi connectivity index (χ2v) is 10.2. The molecule has 0 spiro atoms. The molecule has 4 nitrogen and oxygen atoms in total. The molecule has 0 bridgehead atoms. The Balaban J connectivity index is 1.30. The van der Waals surface area contributed by atoms with Crippen molar-refractivity contribution in [2.24, 2.45) is 0 Å². The number of fused-ring (bicyclic) bond motifs is 2. The predicted octanol–water partition coefficient (Wildman–Crippen LogP) is 7.95. The number of rotatable bonds is 5. The normalized spacial score (nSPS) is 15.1. The maximum atomic E-state index is 13.9. The van der Waals surface area contributed by atoms with Gasteiger partial charge in [-0.25, -0.2) is 0 Å². The maximum absolute atomic E-state index is 13.9. The van der Waals surface area contributed by atoms with Crippen LogP contribution >= 0.6 is 0 Å². The number of nitrogens with zero attached hydrogens (tertiary/aromatic N) is 1. The second kappa shape index (κ2) is 10.6. The van der Waals surface area contributed by atoms with Crippen molar-refractivity contribution in [3.05, 3.63) is 132 Å². The highest BCUT2D eigenvalue weighted by atomic mass is 16.2. The van der Waals surface area contributed by atoms with Crippen molar-refractivity contribution < 1.29 is 9.59 Å². The summed E-state index contributed by atoms with van der Waals surface area (Å²) in [5.41, 5.74) is 4.20. The summed E-state index contributed by atoms with van der Waals surface area (Å²) in [6.07, 6.45) is 4.89. The largest absolute Gasteiger partial charge is 0.338 e. The number of nitrogens with one attached hydrogen (secondary N) is 1. The van der Waals surface area contributed by atoms with Crippen molar-refractivity contribution in [1.29, 1.82) is 0 Å². The number of allylic oxidation sites excluding steroid dienone is 1. The van der Waals surface area contributed by atoms with E-state index in [-0.39, 0.29) is 17.9 Å². The Morgan fingerprint density at radius 1 is 0.744 bits per heavy atom. The zero-order valence-corrected chi connectivity index (χ0v) is 21.9. The number of amides is 2. The standard InChI is InChI=1S/C35H30N2O2/c1-37(29-20-18-25(19-21-29)24-10-3-2-4-11-24)35(39)32-22-27-13-5-6-14-28(27)23-33(32)36-34(38)31-17-9-15-26-12-7-8-16-30(26)31/h2-18,22-23,29H,19-21H2,1H3,(H,36,38). The van der Waals surface area contributed by atoms with E-state index in [1.54, 1.807) is 0 Å². The molecule has 39 heavy (non-hydrogen) atoms. The van der Waals surface area contributed by atoms with E-state index in [0.717, 1.165) is 40.8 Å². The highest BCUT2D eigenvalue weighted by molar-refractivity contribution is 6.16. The minimum absolute atomic E-state index is 0.0875. The minimum Gasteiger partial charge on any atom is -0.338 e. The molecule has 0 saturated heterocycles. The highest BCUT2D eigenvalue weighted by Gasteiger charge is 2.26. The lowest BCUT2D eigenvalue weighted by Gasteiger charge is -2.31. The summed E-state index contributed by atoms with van der Waals surface area (Å²) in [4.78, 5) is 29.3. The van der Waals surface area contributed by atoms with Crippen molar-refractivity contribution in [1.82, 2.24) is 4.90 Å². The number of hydrogen-bond donors (Lipinski definition) is 1. The Kier molecular flexibility index (Phi) is 6.68. The summed E-state index contributed by atoms with van der Waals surface area (Å²) in [5, 5.41) is 6.90. The predicted molar refractivity (Wildman–Crippen MR) is 160 cm³/mol. The Morgan fingerprint density at radius 3 is 2.15 bits per heavy atom. The van der Waals surface area contributed by atoms with Crippen molar-refractivity contribution in [3.8, 4) is 0 Å². The smallest absolute Gasteiger partial charge is 0.256 e. The molecule has 0 aliphatic heterocycles. The first-order valence-corrected chi connectivity index (χ1v) is 13.4. The van der Waals surface area contributed by atoms with Crippen LogP contribution in [0.15, 0.2) is 115 Å². The first-order chi connectivity index (χ1) is 19.1. The molecular weight excluding hydrogens is 480 g/mol. The van der Waals surface area contributed by atoms with Crippen LogP contribution in [0, 0.1) is 0 Å². The lowest BCUT2D eigenvalue weighted by Crippen LogP contribution is -2.38. The van der Waals surface area contributed by atoms with Crippen LogP contribution in [0.4, 0.5) is 5.69 Å². The van der Waals surface area contributed by atoms with Gasteiger partial charge >= 0.3 is 0 Å². The van der Waals surface area contributed by atoms with Gasteiger partial charge in [0.25, 0.3) is 11.8 Å². The summed E-state index contributed by atoms with van der Waals surface area (Å²) in [5.74, 6) is -0.317.